The van der Waals surface area contributed by atoms with Crippen LogP contribution in [0.3, 0.4) is 0 Å². The Bertz CT molecular complexity index is 1140. The van der Waals surface area contributed by atoms with E-state index in [1.54, 1.807) is 29.8 Å². The molecule has 2 aromatic heterocycles. The van der Waals surface area contributed by atoms with Crippen LogP contribution in [0.5, 0.6) is 17.2 Å². The van der Waals surface area contributed by atoms with Gasteiger partial charge in [-0.1, -0.05) is 0 Å². The fourth-order valence-electron chi connectivity index (χ4n) is 3.46. The minimum Gasteiger partial charge on any atom is -0.493 e. The third-order valence-corrected chi connectivity index (χ3v) is 6.64. The summed E-state index contributed by atoms with van der Waals surface area (Å²) in [5.41, 5.74) is 2.56. The maximum Gasteiger partial charge on any atom is 0.339 e. The molecule has 0 fully saturated rings. The molecule has 0 unspecified atom stereocenters. The molecule has 0 bridgehead atoms. The number of carboxylic acids is 1. The molecule has 0 aliphatic heterocycles. The molecule has 3 aromatic rings. The number of aromatic carboxylic acids is 1. The molecule has 1 aromatic carbocycles. The number of fused-ring (bicyclic) bond motifs is 1. The highest BCUT2D eigenvalue weighted by atomic mass is 32.3. The minimum absolute atomic E-state index is 0.108. The van der Waals surface area contributed by atoms with Gasteiger partial charge in [-0.2, -0.15) is 0 Å². The van der Waals surface area contributed by atoms with Crippen LogP contribution in [0.15, 0.2) is 18.3 Å². The number of rotatable bonds is 10. The average Bonchev–Trinajstić information content (AvgIpc) is 3.05. The minimum atomic E-state index is -1.06. The number of hydrogen-bond donors (Lipinski definition) is 1. The van der Waals surface area contributed by atoms with E-state index >= 15 is 0 Å². The van der Waals surface area contributed by atoms with Crippen molar-refractivity contribution >= 4 is 27.2 Å². The van der Waals surface area contributed by atoms with E-state index in [1.165, 1.54) is 21.3 Å². The summed E-state index contributed by atoms with van der Waals surface area (Å²) in [4.78, 5) is 21.3. The van der Waals surface area contributed by atoms with E-state index in [1.807, 2.05) is 0 Å². The highest BCUT2D eigenvalue weighted by Gasteiger charge is 2.23. The van der Waals surface area contributed by atoms with Crippen LogP contribution in [0.4, 0.5) is 0 Å². The van der Waals surface area contributed by atoms with Crippen molar-refractivity contribution in [3.63, 3.8) is 0 Å². The van der Waals surface area contributed by atoms with Gasteiger partial charge in [0.1, 0.15) is 17.8 Å². The van der Waals surface area contributed by atoms with Crippen molar-refractivity contribution in [1.82, 2.24) is 14.5 Å². The number of carboxylic acid groups (broad SMARTS) is 1. The predicted octanol–water partition coefficient (Wildman–Crippen LogP) is 3.80. The van der Waals surface area contributed by atoms with Crippen LogP contribution in [0.2, 0.25) is 0 Å². The van der Waals surface area contributed by atoms with Gasteiger partial charge in [-0.3, -0.25) is 0 Å². The zero-order chi connectivity index (χ0) is 24.3. The van der Waals surface area contributed by atoms with E-state index in [4.69, 9.17) is 18.9 Å². The Morgan fingerprint density at radius 1 is 1.09 bits per heavy atom. The summed E-state index contributed by atoms with van der Waals surface area (Å²) in [7, 11) is 3.91. The van der Waals surface area contributed by atoms with E-state index in [-0.39, 0.29) is 12.3 Å². The molecule has 180 valence electrons. The van der Waals surface area contributed by atoms with E-state index in [0.717, 1.165) is 5.75 Å². The van der Waals surface area contributed by atoms with Crippen LogP contribution in [0.1, 0.15) is 16.1 Å². The van der Waals surface area contributed by atoms with Gasteiger partial charge in [0.2, 0.25) is 5.75 Å². The predicted molar refractivity (Wildman–Crippen MR) is 130 cm³/mol. The highest BCUT2D eigenvalue weighted by molar-refractivity contribution is 8.32. The van der Waals surface area contributed by atoms with E-state index in [2.05, 4.69) is 28.7 Å². The first kappa shape index (κ1) is 24.7. The van der Waals surface area contributed by atoms with E-state index < -0.39 is 16.0 Å². The van der Waals surface area contributed by atoms with Crippen LogP contribution in [-0.2, 0) is 11.5 Å². The summed E-state index contributed by atoms with van der Waals surface area (Å²) in [5, 5.41) is 9.87. The van der Waals surface area contributed by atoms with Gasteiger partial charge in [0, 0.05) is 17.0 Å². The third-order valence-electron chi connectivity index (χ3n) is 5.25. The zero-order valence-corrected chi connectivity index (χ0v) is 20.9. The molecule has 3 rings (SSSR count). The second-order valence-corrected chi connectivity index (χ2v) is 13.0. The number of ether oxygens (including phenoxy) is 4. The van der Waals surface area contributed by atoms with Gasteiger partial charge in [0.25, 0.3) is 0 Å². The monoisotopic (exact) mass is 477 g/mol. The smallest absolute Gasteiger partial charge is 0.339 e. The van der Waals surface area contributed by atoms with Gasteiger partial charge in [-0.25, -0.2) is 24.8 Å². The Labute approximate surface area is 195 Å². The van der Waals surface area contributed by atoms with Crippen molar-refractivity contribution < 1.29 is 28.8 Å². The molecular formula is C23H31N3O6S. The first-order chi connectivity index (χ1) is 15.6. The van der Waals surface area contributed by atoms with Gasteiger partial charge in [-0.05, 0) is 37.8 Å². The van der Waals surface area contributed by atoms with Crippen molar-refractivity contribution in [3.8, 4) is 28.5 Å². The van der Waals surface area contributed by atoms with Crippen molar-refractivity contribution in [2.75, 3.05) is 52.5 Å². The Morgan fingerprint density at radius 3 is 2.24 bits per heavy atom. The van der Waals surface area contributed by atoms with Gasteiger partial charge < -0.3 is 28.6 Å². The fraction of sp³-hybridized carbons (Fsp3) is 0.435. The molecule has 33 heavy (non-hydrogen) atoms. The highest BCUT2D eigenvalue weighted by Crippen LogP contribution is 2.41. The SMILES string of the molecule is COc1cc(-c2cnc3c(n2)c(C(=O)O)c(C)n3COCCS(C)(C)C)cc(OC)c1OC. The number of methoxy groups -OCH3 is 3. The zero-order valence-electron chi connectivity index (χ0n) is 20.1. The Balaban J connectivity index is 2.06. The number of carbonyl (C=O) groups is 1. The molecule has 9 nitrogen and oxygen atoms in total. The normalized spacial score (nSPS) is 12.1. The van der Waals surface area contributed by atoms with Crippen LogP contribution in [0.25, 0.3) is 22.4 Å². The fourth-order valence-corrected chi connectivity index (χ4v) is 4.08. The van der Waals surface area contributed by atoms with Crippen LogP contribution < -0.4 is 14.2 Å². The molecule has 0 saturated heterocycles. The van der Waals surface area contributed by atoms with Gasteiger partial charge >= 0.3 is 5.97 Å². The first-order valence-electron chi connectivity index (χ1n) is 10.2. The Morgan fingerprint density at radius 2 is 1.73 bits per heavy atom. The maximum atomic E-state index is 12.1. The maximum absolute atomic E-state index is 12.1. The summed E-state index contributed by atoms with van der Waals surface area (Å²) in [6, 6.07) is 3.50. The Kier molecular flexibility index (Phi) is 7.38. The summed E-state index contributed by atoms with van der Waals surface area (Å²) in [6.45, 7) is 2.55. The second-order valence-electron chi connectivity index (χ2n) is 8.37. The lowest BCUT2D eigenvalue weighted by atomic mass is 10.1. The summed E-state index contributed by atoms with van der Waals surface area (Å²) < 4.78 is 23.8. The molecule has 1 N–H and O–H groups in total. The van der Waals surface area contributed by atoms with E-state index in [0.29, 0.717) is 52.0 Å². The molecule has 0 saturated carbocycles. The number of benzene rings is 1. The van der Waals surface area contributed by atoms with Gasteiger partial charge in [0.05, 0.1) is 39.8 Å². The quantitative estimate of drug-likeness (QED) is 0.440. The molecule has 10 heteroatoms. The first-order valence-corrected chi connectivity index (χ1v) is 13.3. The molecule has 0 aliphatic rings. The Hall–Kier alpha value is -2.98. The molecular weight excluding hydrogens is 446 g/mol. The lowest BCUT2D eigenvalue weighted by Gasteiger charge is -2.24. The van der Waals surface area contributed by atoms with Crippen molar-refractivity contribution in [2.45, 2.75) is 13.7 Å². The molecule has 0 aliphatic carbocycles. The van der Waals surface area contributed by atoms with Crippen LogP contribution in [-0.4, -0.2) is 78.1 Å². The number of hydrogen-bond acceptors (Lipinski definition) is 7. The third kappa shape index (κ3) is 5.17. The summed E-state index contributed by atoms with van der Waals surface area (Å²) >= 11 is 0. The second kappa shape index (κ2) is 9.88. The molecule has 0 atom stereocenters. The number of nitrogens with zero attached hydrogens (tertiary/aromatic N) is 3. The van der Waals surface area contributed by atoms with Crippen molar-refractivity contribution in [2.24, 2.45) is 0 Å². The van der Waals surface area contributed by atoms with Crippen molar-refractivity contribution in [1.29, 1.82) is 0 Å². The van der Waals surface area contributed by atoms with Crippen molar-refractivity contribution in [3.05, 3.63) is 29.6 Å². The standard InChI is InChI=1S/C23H31N3O6S/c1-14-19(23(27)28)20-22(26(14)13-32-8-9-33(5,6)7)24-12-16(25-20)15-10-17(29-2)21(31-4)18(11-15)30-3/h10-12H,8-9,13H2,1-7H3,(H,27,28). The topological polar surface area (TPSA) is 105 Å². The van der Waals surface area contributed by atoms with Gasteiger partial charge in [-0.15, -0.1) is 0 Å². The van der Waals surface area contributed by atoms with Gasteiger partial charge in [0.15, 0.2) is 17.1 Å². The summed E-state index contributed by atoms with van der Waals surface area (Å²) in [5.74, 6) is 1.30. The summed E-state index contributed by atoms with van der Waals surface area (Å²) in [6.07, 6.45) is 8.28. The largest absolute Gasteiger partial charge is 0.493 e. The van der Waals surface area contributed by atoms with Crippen LogP contribution >= 0.6 is 10.0 Å². The molecule has 0 radical (unpaired) electrons. The molecule has 2 heterocycles. The average molecular weight is 478 g/mol. The molecule has 0 spiro atoms. The van der Waals surface area contributed by atoms with Crippen LogP contribution in [0, 0.1) is 6.92 Å². The molecule has 0 amide bonds. The lowest BCUT2D eigenvalue weighted by molar-refractivity contribution is 0.0694. The lowest BCUT2D eigenvalue weighted by Crippen LogP contribution is -2.11. The number of aromatic nitrogens is 3. The van der Waals surface area contributed by atoms with E-state index in [9.17, 15) is 9.90 Å².